The van der Waals surface area contributed by atoms with Gasteiger partial charge in [-0.1, -0.05) is 24.3 Å². The van der Waals surface area contributed by atoms with Crippen LogP contribution in [0.1, 0.15) is 22.8 Å². The molecule has 2 aromatic rings. The molecule has 1 unspecified atom stereocenters. The maximum Gasteiger partial charge on any atom is 0.272 e. The largest absolute Gasteiger partial charge is 0.463 e. The van der Waals surface area contributed by atoms with Crippen molar-refractivity contribution in [1.82, 2.24) is 4.90 Å². The van der Waals surface area contributed by atoms with Crippen molar-refractivity contribution in [1.29, 1.82) is 5.41 Å². The Balaban J connectivity index is 1.87. The summed E-state index contributed by atoms with van der Waals surface area (Å²) in [6.07, 6.45) is 6.03. The molecule has 1 atom stereocenters. The number of carbonyl (C=O) groups is 1. The van der Waals surface area contributed by atoms with E-state index in [0.29, 0.717) is 18.8 Å². The van der Waals surface area contributed by atoms with Crippen LogP contribution >= 0.6 is 0 Å². The quantitative estimate of drug-likeness (QED) is 0.692. The second-order valence-electron chi connectivity index (χ2n) is 6.48. The van der Waals surface area contributed by atoms with Crippen molar-refractivity contribution in [2.24, 2.45) is 16.5 Å². The smallest absolute Gasteiger partial charge is 0.272 e. The van der Waals surface area contributed by atoms with E-state index in [0.717, 1.165) is 16.7 Å². The molecule has 0 fully saturated rings. The van der Waals surface area contributed by atoms with E-state index < -0.39 is 5.91 Å². The van der Waals surface area contributed by atoms with E-state index in [1.165, 1.54) is 18.5 Å². The maximum absolute atomic E-state index is 12.9. The summed E-state index contributed by atoms with van der Waals surface area (Å²) < 4.78 is 5.21. The van der Waals surface area contributed by atoms with Gasteiger partial charge in [-0.25, -0.2) is 0 Å². The van der Waals surface area contributed by atoms with E-state index in [-0.39, 0.29) is 17.3 Å². The number of amides is 1. The minimum atomic E-state index is -0.404. The molecule has 0 spiro atoms. The summed E-state index contributed by atoms with van der Waals surface area (Å²) in [5.74, 6) is -0.0902. The Morgan fingerprint density at radius 3 is 2.79 bits per heavy atom. The number of carbonyl (C=O) groups excluding carboxylic acids is 1. The molecule has 1 aromatic heterocycles. The normalized spacial score (nSPS) is 17.6. The highest BCUT2D eigenvalue weighted by Gasteiger charge is 2.30. The van der Waals surface area contributed by atoms with Gasteiger partial charge in [-0.15, -0.1) is 0 Å². The molecule has 1 aromatic carbocycles. The van der Waals surface area contributed by atoms with Crippen LogP contribution in [-0.4, -0.2) is 36.3 Å². The molecule has 2 heterocycles. The van der Waals surface area contributed by atoms with Crippen molar-refractivity contribution in [3.63, 3.8) is 0 Å². The average Bonchev–Trinajstić information content (AvgIpc) is 3.25. The van der Waals surface area contributed by atoms with Crippen molar-refractivity contribution in [3.05, 3.63) is 77.4 Å². The van der Waals surface area contributed by atoms with Gasteiger partial charge in [0.2, 0.25) is 0 Å². The molecule has 1 aliphatic rings. The number of nitrogens with one attached hydrogen (secondary N) is 1. The second kappa shape index (κ2) is 8.39. The molecule has 28 heavy (non-hydrogen) atoms. The van der Waals surface area contributed by atoms with Crippen LogP contribution in [0.3, 0.4) is 0 Å². The highest BCUT2D eigenvalue weighted by Crippen LogP contribution is 2.32. The summed E-state index contributed by atoms with van der Waals surface area (Å²) in [7, 11) is 1.68. The summed E-state index contributed by atoms with van der Waals surface area (Å²) >= 11 is 0. The van der Waals surface area contributed by atoms with Gasteiger partial charge in [0.05, 0.1) is 12.0 Å². The summed E-state index contributed by atoms with van der Waals surface area (Å²) in [5, 5.41) is 8.19. The van der Waals surface area contributed by atoms with Crippen LogP contribution in [0.15, 0.2) is 69.9 Å². The van der Waals surface area contributed by atoms with Gasteiger partial charge in [-0.05, 0) is 41.1 Å². The highest BCUT2D eigenvalue weighted by atomic mass is 16.3. The van der Waals surface area contributed by atoms with E-state index >= 15 is 0 Å². The molecular formula is C21H23N5O2. The summed E-state index contributed by atoms with van der Waals surface area (Å²) in [4.78, 5) is 18.6. The SMILES string of the molecule is CN=CC(=CN)C1CN(C(=O)C(=N)C=C(N)c2ccco2)Cc2ccccc21. The Hall–Kier alpha value is -3.61. The first kappa shape index (κ1) is 19.2. The minimum Gasteiger partial charge on any atom is -0.463 e. The predicted octanol–water partition coefficient (Wildman–Crippen LogP) is 2.27. The molecule has 1 aliphatic heterocycles. The molecule has 7 heteroatoms. The van der Waals surface area contributed by atoms with E-state index in [9.17, 15) is 4.79 Å². The minimum absolute atomic E-state index is 0.109. The van der Waals surface area contributed by atoms with Crippen LogP contribution < -0.4 is 11.5 Å². The zero-order chi connectivity index (χ0) is 20.1. The highest BCUT2D eigenvalue weighted by molar-refractivity contribution is 6.43. The summed E-state index contributed by atoms with van der Waals surface area (Å²) in [6, 6.07) is 11.3. The van der Waals surface area contributed by atoms with Crippen LogP contribution in [-0.2, 0) is 11.3 Å². The molecule has 144 valence electrons. The fourth-order valence-corrected chi connectivity index (χ4v) is 3.35. The van der Waals surface area contributed by atoms with Crippen molar-refractivity contribution in [3.8, 4) is 0 Å². The topological polar surface area (TPSA) is 122 Å². The molecule has 5 N–H and O–H groups in total. The van der Waals surface area contributed by atoms with Gasteiger partial charge < -0.3 is 20.8 Å². The van der Waals surface area contributed by atoms with Gasteiger partial charge in [0.1, 0.15) is 11.5 Å². The maximum atomic E-state index is 12.9. The van der Waals surface area contributed by atoms with Crippen molar-refractivity contribution in [2.45, 2.75) is 12.5 Å². The van der Waals surface area contributed by atoms with Gasteiger partial charge >= 0.3 is 0 Å². The number of benzene rings is 1. The molecule has 7 nitrogen and oxygen atoms in total. The van der Waals surface area contributed by atoms with Gasteiger partial charge in [0.15, 0.2) is 0 Å². The molecular weight excluding hydrogens is 354 g/mol. The van der Waals surface area contributed by atoms with Gasteiger partial charge in [-0.3, -0.25) is 15.2 Å². The number of furan rings is 1. The number of aliphatic imine (C=N–C) groups is 1. The number of fused-ring (bicyclic) bond motifs is 1. The first-order valence-electron chi connectivity index (χ1n) is 8.85. The molecule has 0 aliphatic carbocycles. The number of rotatable bonds is 5. The Bertz CT molecular complexity index is 957. The average molecular weight is 377 g/mol. The molecule has 3 rings (SSSR count). The van der Waals surface area contributed by atoms with E-state index in [2.05, 4.69) is 4.99 Å². The van der Waals surface area contributed by atoms with Crippen LogP contribution in [0.25, 0.3) is 5.70 Å². The fraction of sp³-hybridized carbons (Fsp3) is 0.190. The monoisotopic (exact) mass is 377 g/mol. The Morgan fingerprint density at radius 1 is 1.32 bits per heavy atom. The Kier molecular flexibility index (Phi) is 5.74. The number of hydrogen-bond acceptors (Lipinski definition) is 6. The lowest BCUT2D eigenvalue weighted by molar-refractivity contribution is -0.125. The third kappa shape index (κ3) is 3.88. The molecule has 0 saturated heterocycles. The number of hydrogen-bond donors (Lipinski definition) is 3. The van der Waals surface area contributed by atoms with Gasteiger partial charge in [0.25, 0.3) is 5.91 Å². The molecule has 0 saturated carbocycles. The van der Waals surface area contributed by atoms with Crippen molar-refractivity contribution >= 4 is 23.5 Å². The third-order valence-electron chi connectivity index (χ3n) is 4.69. The predicted molar refractivity (Wildman–Crippen MR) is 110 cm³/mol. The standard InChI is InChI=1S/C21H23N5O2/c1-25-11-15(10-22)17-13-26(12-14-5-2-3-6-16(14)17)21(27)19(24)9-18(23)20-7-4-8-28-20/h2-11,17,24H,12-13,22-23H2,1H3. The van der Waals surface area contributed by atoms with Crippen molar-refractivity contribution < 1.29 is 9.21 Å². The van der Waals surface area contributed by atoms with Crippen LogP contribution in [0, 0.1) is 5.41 Å². The van der Waals surface area contributed by atoms with Crippen molar-refractivity contribution in [2.75, 3.05) is 13.6 Å². The van der Waals surface area contributed by atoms with Gasteiger partial charge in [0, 0.05) is 32.3 Å². The van der Waals surface area contributed by atoms with E-state index in [1.54, 1.807) is 30.3 Å². The van der Waals surface area contributed by atoms with Crippen LogP contribution in [0.4, 0.5) is 0 Å². The first-order chi connectivity index (χ1) is 13.5. The fourth-order valence-electron chi connectivity index (χ4n) is 3.35. The zero-order valence-electron chi connectivity index (χ0n) is 15.6. The van der Waals surface area contributed by atoms with Crippen LogP contribution in [0.2, 0.25) is 0 Å². The number of nitrogens with zero attached hydrogens (tertiary/aromatic N) is 2. The summed E-state index contributed by atoms with van der Waals surface area (Å²) in [6.45, 7) is 0.825. The molecule has 0 bridgehead atoms. The molecule has 0 radical (unpaired) electrons. The number of nitrogens with two attached hydrogens (primary N) is 2. The zero-order valence-corrected chi connectivity index (χ0v) is 15.6. The lowest BCUT2D eigenvalue weighted by Crippen LogP contribution is -2.42. The van der Waals surface area contributed by atoms with E-state index in [4.69, 9.17) is 21.3 Å². The Morgan fingerprint density at radius 2 is 2.11 bits per heavy atom. The lowest BCUT2D eigenvalue weighted by atomic mass is 9.85. The van der Waals surface area contributed by atoms with Gasteiger partial charge in [-0.2, -0.15) is 0 Å². The second-order valence-corrected chi connectivity index (χ2v) is 6.48. The van der Waals surface area contributed by atoms with E-state index in [1.807, 2.05) is 24.3 Å². The first-order valence-corrected chi connectivity index (χ1v) is 8.85. The molecule has 1 amide bonds. The van der Waals surface area contributed by atoms with Crippen LogP contribution in [0.5, 0.6) is 0 Å². The Labute approximate surface area is 163 Å². The third-order valence-corrected chi connectivity index (χ3v) is 4.69. The summed E-state index contributed by atoms with van der Waals surface area (Å²) in [5.41, 5.74) is 14.7. The lowest BCUT2D eigenvalue weighted by Gasteiger charge is -2.35.